The quantitative estimate of drug-likeness (QED) is 0.435. The molecule has 1 amide bonds. The van der Waals surface area contributed by atoms with Crippen LogP contribution in [0.15, 0.2) is 78.9 Å². The highest BCUT2D eigenvalue weighted by atomic mass is 16.5. The molecule has 0 spiro atoms. The SMILES string of the molecule is Cc1ccccc1OCCCn1c(CNC(=O)c2ccccc2)nc2ccccc21. The summed E-state index contributed by atoms with van der Waals surface area (Å²) in [7, 11) is 0. The molecule has 30 heavy (non-hydrogen) atoms. The van der Waals surface area contributed by atoms with E-state index in [0.717, 1.165) is 41.1 Å². The van der Waals surface area contributed by atoms with Crippen LogP contribution in [0.3, 0.4) is 0 Å². The monoisotopic (exact) mass is 399 g/mol. The molecule has 0 bridgehead atoms. The normalized spacial score (nSPS) is 10.8. The second kappa shape index (κ2) is 9.27. The third-order valence-electron chi connectivity index (χ3n) is 5.05. The van der Waals surface area contributed by atoms with Crippen LogP contribution in [-0.2, 0) is 13.1 Å². The van der Waals surface area contributed by atoms with Crippen LogP contribution >= 0.6 is 0 Å². The van der Waals surface area contributed by atoms with Crippen molar-refractivity contribution < 1.29 is 9.53 Å². The van der Waals surface area contributed by atoms with Gasteiger partial charge in [-0.1, -0.05) is 48.5 Å². The lowest BCUT2D eigenvalue weighted by Crippen LogP contribution is -2.24. The standard InChI is InChI=1S/C25H25N3O2/c1-19-10-5-8-15-23(19)30-17-9-16-28-22-14-7-6-13-21(22)27-24(28)18-26-25(29)20-11-3-2-4-12-20/h2-8,10-15H,9,16-18H2,1H3,(H,26,29). The molecule has 0 atom stereocenters. The van der Waals surface area contributed by atoms with Gasteiger partial charge in [0.15, 0.2) is 0 Å². The smallest absolute Gasteiger partial charge is 0.251 e. The highest BCUT2D eigenvalue weighted by Gasteiger charge is 2.12. The number of hydrogen-bond acceptors (Lipinski definition) is 3. The van der Waals surface area contributed by atoms with Gasteiger partial charge < -0.3 is 14.6 Å². The first-order chi connectivity index (χ1) is 14.7. The van der Waals surface area contributed by atoms with Crippen LogP contribution in [-0.4, -0.2) is 22.1 Å². The van der Waals surface area contributed by atoms with E-state index < -0.39 is 0 Å². The molecule has 0 radical (unpaired) electrons. The van der Waals surface area contributed by atoms with Crippen molar-refractivity contribution >= 4 is 16.9 Å². The minimum absolute atomic E-state index is 0.0999. The predicted octanol–water partition coefficient (Wildman–Crippen LogP) is 4.74. The van der Waals surface area contributed by atoms with Crippen LogP contribution in [0.4, 0.5) is 0 Å². The van der Waals surface area contributed by atoms with Crippen LogP contribution < -0.4 is 10.1 Å². The summed E-state index contributed by atoms with van der Waals surface area (Å²) in [5, 5.41) is 2.99. The summed E-state index contributed by atoms with van der Waals surface area (Å²) >= 11 is 0. The lowest BCUT2D eigenvalue weighted by atomic mass is 10.2. The summed E-state index contributed by atoms with van der Waals surface area (Å²) in [6, 6.07) is 25.3. The average molecular weight is 399 g/mol. The fourth-order valence-corrected chi connectivity index (χ4v) is 3.48. The van der Waals surface area contributed by atoms with Gasteiger partial charge in [-0.2, -0.15) is 0 Å². The highest BCUT2D eigenvalue weighted by molar-refractivity contribution is 5.94. The molecule has 0 aliphatic rings. The van der Waals surface area contributed by atoms with Crippen LogP contribution in [0.2, 0.25) is 0 Å². The zero-order chi connectivity index (χ0) is 20.8. The van der Waals surface area contributed by atoms with Crippen molar-refractivity contribution in [2.24, 2.45) is 0 Å². The summed E-state index contributed by atoms with van der Waals surface area (Å²) < 4.78 is 8.11. The van der Waals surface area contributed by atoms with Crippen molar-refractivity contribution in [2.75, 3.05) is 6.61 Å². The van der Waals surface area contributed by atoms with Gasteiger partial charge in [0.25, 0.3) is 5.91 Å². The second-order valence-electron chi connectivity index (χ2n) is 7.18. The summed E-state index contributed by atoms with van der Waals surface area (Å²) in [6.45, 7) is 3.81. The number of carbonyl (C=O) groups is 1. The van der Waals surface area contributed by atoms with E-state index in [0.29, 0.717) is 18.7 Å². The Morgan fingerprint density at radius 1 is 0.967 bits per heavy atom. The van der Waals surface area contributed by atoms with Crippen molar-refractivity contribution in [1.29, 1.82) is 0 Å². The van der Waals surface area contributed by atoms with Gasteiger partial charge >= 0.3 is 0 Å². The Bertz CT molecular complexity index is 1140. The highest BCUT2D eigenvalue weighted by Crippen LogP contribution is 2.19. The molecule has 4 rings (SSSR count). The fraction of sp³-hybridized carbons (Fsp3) is 0.200. The Morgan fingerprint density at radius 2 is 1.70 bits per heavy atom. The number of para-hydroxylation sites is 3. The van der Waals surface area contributed by atoms with E-state index in [4.69, 9.17) is 9.72 Å². The fourth-order valence-electron chi connectivity index (χ4n) is 3.48. The molecular weight excluding hydrogens is 374 g/mol. The number of nitrogens with one attached hydrogen (secondary N) is 1. The van der Waals surface area contributed by atoms with Gasteiger partial charge in [-0.05, 0) is 49.2 Å². The Labute approximate surface area is 176 Å². The Kier molecular flexibility index (Phi) is 6.09. The lowest BCUT2D eigenvalue weighted by molar-refractivity contribution is 0.0949. The van der Waals surface area contributed by atoms with Crippen LogP contribution in [0.25, 0.3) is 11.0 Å². The molecule has 3 aromatic carbocycles. The molecule has 152 valence electrons. The third-order valence-corrected chi connectivity index (χ3v) is 5.05. The largest absolute Gasteiger partial charge is 0.493 e. The topological polar surface area (TPSA) is 56.1 Å². The summed E-state index contributed by atoms with van der Waals surface area (Å²) in [5.41, 5.74) is 3.78. The maximum absolute atomic E-state index is 12.4. The Morgan fingerprint density at radius 3 is 2.53 bits per heavy atom. The van der Waals surface area contributed by atoms with Crippen LogP contribution in [0.5, 0.6) is 5.75 Å². The van der Waals surface area contributed by atoms with Crippen molar-refractivity contribution in [3.63, 3.8) is 0 Å². The number of carbonyl (C=O) groups excluding carboxylic acids is 1. The number of nitrogens with zero attached hydrogens (tertiary/aromatic N) is 2. The van der Waals surface area contributed by atoms with E-state index in [1.54, 1.807) is 12.1 Å². The van der Waals surface area contributed by atoms with E-state index in [-0.39, 0.29) is 5.91 Å². The van der Waals surface area contributed by atoms with E-state index in [9.17, 15) is 4.79 Å². The third kappa shape index (κ3) is 4.51. The molecule has 0 fully saturated rings. The number of benzene rings is 3. The summed E-state index contributed by atoms with van der Waals surface area (Å²) in [4.78, 5) is 17.2. The number of imidazole rings is 1. The Hall–Kier alpha value is -3.60. The van der Waals surface area contributed by atoms with Gasteiger partial charge in [0.1, 0.15) is 11.6 Å². The molecule has 5 nitrogen and oxygen atoms in total. The van der Waals surface area contributed by atoms with E-state index in [1.165, 1.54) is 0 Å². The molecular formula is C25H25N3O2. The molecule has 0 aliphatic carbocycles. The number of fused-ring (bicyclic) bond motifs is 1. The molecule has 0 aliphatic heterocycles. The molecule has 0 unspecified atom stereocenters. The molecule has 1 heterocycles. The predicted molar refractivity (Wildman–Crippen MR) is 119 cm³/mol. The zero-order valence-corrected chi connectivity index (χ0v) is 17.0. The molecule has 0 saturated carbocycles. The second-order valence-corrected chi connectivity index (χ2v) is 7.18. The molecule has 1 aromatic heterocycles. The van der Waals surface area contributed by atoms with Gasteiger partial charge in [0.2, 0.25) is 0 Å². The van der Waals surface area contributed by atoms with Crippen molar-refractivity contribution in [3.8, 4) is 5.75 Å². The van der Waals surface area contributed by atoms with E-state index >= 15 is 0 Å². The first kappa shape index (κ1) is 19.7. The number of amides is 1. The number of aromatic nitrogens is 2. The lowest BCUT2D eigenvalue weighted by Gasteiger charge is -2.12. The van der Waals surface area contributed by atoms with Crippen LogP contribution in [0, 0.1) is 6.92 Å². The van der Waals surface area contributed by atoms with Gasteiger partial charge in [0.05, 0.1) is 24.2 Å². The van der Waals surface area contributed by atoms with Crippen molar-refractivity contribution in [1.82, 2.24) is 14.9 Å². The number of aryl methyl sites for hydroxylation is 2. The summed E-state index contributed by atoms with van der Waals surface area (Å²) in [6.07, 6.45) is 0.842. The molecule has 0 saturated heterocycles. The van der Waals surface area contributed by atoms with Gasteiger partial charge in [0, 0.05) is 12.1 Å². The molecule has 5 heteroatoms. The number of rotatable bonds is 8. The maximum Gasteiger partial charge on any atom is 0.251 e. The van der Waals surface area contributed by atoms with Crippen molar-refractivity contribution in [3.05, 3.63) is 95.8 Å². The first-order valence-corrected chi connectivity index (χ1v) is 10.2. The minimum atomic E-state index is -0.0999. The molecule has 1 N–H and O–H groups in total. The minimum Gasteiger partial charge on any atom is -0.493 e. The summed E-state index contributed by atoms with van der Waals surface area (Å²) in [5.74, 6) is 1.66. The van der Waals surface area contributed by atoms with Crippen molar-refractivity contribution in [2.45, 2.75) is 26.4 Å². The van der Waals surface area contributed by atoms with Gasteiger partial charge in [-0.3, -0.25) is 4.79 Å². The zero-order valence-electron chi connectivity index (χ0n) is 17.0. The average Bonchev–Trinajstić information content (AvgIpc) is 3.14. The first-order valence-electron chi connectivity index (χ1n) is 10.2. The Balaban J connectivity index is 1.43. The van der Waals surface area contributed by atoms with E-state index in [2.05, 4.69) is 16.0 Å². The van der Waals surface area contributed by atoms with Gasteiger partial charge in [-0.25, -0.2) is 4.98 Å². The number of ether oxygens (including phenoxy) is 1. The maximum atomic E-state index is 12.4. The van der Waals surface area contributed by atoms with E-state index in [1.807, 2.05) is 67.6 Å². The number of hydrogen-bond donors (Lipinski definition) is 1. The van der Waals surface area contributed by atoms with Crippen LogP contribution in [0.1, 0.15) is 28.2 Å². The van der Waals surface area contributed by atoms with Gasteiger partial charge in [-0.15, -0.1) is 0 Å². The molecule has 4 aromatic rings.